The second kappa shape index (κ2) is 9.18. The van der Waals surface area contributed by atoms with E-state index in [1.807, 2.05) is 30.3 Å². The number of amides is 1. The lowest BCUT2D eigenvalue weighted by Gasteiger charge is -2.33. The molecule has 148 valence electrons. The molecule has 0 unspecified atom stereocenters. The summed E-state index contributed by atoms with van der Waals surface area (Å²) < 4.78 is 26.7. The van der Waals surface area contributed by atoms with Crippen molar-refractivity contribution >= 4 is 33.7 Å². The maximum atomic E-state index is 12.7. The summed E-state index contributed by atoms with van der Waals surface area (Å²) in [4.78, 5) is 19.0. The quantitative estimate of drug-likeness (QED) is 0.529. The molecule has 0 aliphatic carbocycles. The van der Waals surface area contributed by atoms with Gasteiger partial charge in [0, 0.05) is 31.2 Å². The zero-order valence-corrected chi connectivity index (χ0v) is 16.6. The van der Waals surface area contributed by atoms with Gasteiger partial charge in [-0.1, -0.05) is 47.1 Å². The number of carbonyl (C=O) groups excluding carboxylic acids is 1. The summed E-state index contributed by atoms with van der Waals surface area (Å²) in [7, 11) is -3.60. The van der Waals surface area contributed by atoms with E-state index in [-0.39, 0.29) is 30.5 Å². The fraction of sp³-hybridized carbons (Fsp3) is 0.263. The Hall–Kier alpha value is -2.42. The minimum Gasteiger partial charge on any atom is -0.386 e. The maximum absolute atomic E-state index is 12.7. The number of hydrogen-bond donors (Lipinski definition) is 0. The summed E-state index contributed by atoms with van der Waals surface area (Å²) in [5, 5.41) is 4.26. The Kier molecular flexibility index (Phi) is 6.66. The van der Waals surface area contributed by atoms with Gasteiger partial charge < -0.3 is 9.74 Å². The fourth-order valence-electron chi connectivity index (χ4n) is 2.75. The maximum Gasteiger partial charge on any atom is 0.263 e. The van der Waals surface area contributed by atoms with Gasteiger partial charge in [0.15, 0.2) is 6.61 Å². The van der Waals surface area contributed by atoms with E-state index in [0.29, 0.717) is 18.1 Å². The highest BCUT2D eigenvalue weighted by molar-refractivity contribution is 7.89. The highest BCUT2D eigenvalue weighted by atomic mass is 35.5. The summed E-state index contributed by atoms with van der Waals surface area (Å²) in [6.07, 6.45) is 1.53. The first-order chi connectivity index (χ1) is 13.5. The van der Waals surface area contributed by atoms with Crippen LogP contribution in [0.4, 0.5) is 0 Å². The molecule has 3 rings (SSSR count). The van der Waals surface area contributed by atoms with Crippen molar-refractivity contribution in [2.45, 2.75) is 4.90 Å². The number of hydrogen-bond acceptors (Lipinski definition) is 5. The van der Waals surface area contributed by atoms with E-state index in [9.17, 15) is 13.2 Å². The van der Waals surface area contributed by atoms with Crippen LogP contribution in [0, 0.1) is 0 Å². The van der Waals surface area contributed by atoms with Crippen molar-refractivity contribution in [1.29, 1.82) is 0 Å². The molecule has 9 heteroatoms. The van der Waals surface area contributed by atoms with Crippen LogP contribution in [0.5, 0.6) is 0 Å². The van der Waals surface area contributed by atoms with Gasteiger partial charge in [0.2, 0.25) is 10.0 Å². The highest BCUT2D eigenvalue weighted by Crippen LogP contribution is 2.19. The van der Waals surface area contributed by atoms with Crippen LogP contribution in [-0.2, 0) is 19.7 Å². The third-order valence-corrected chi connectivity index (χ3v) is 6.47. The predicted octanol–water partition coefficient (Wildman–Crippen LogP) is 2.22. The Morgan fingerprint density at radius 1 is 1.04 bits per heavy atom. The predicted molar refractivity (Wildman–Crippen MR) is 107 cm³/mol. The van der Waals surface area contributed by atoms with Crippen LogP contribution in [-0.4, -0.2) is 62.5 Å². The van der Waals surface area contributed by atoms with E-state index in [1.54, 1.807) is 17.0 Å². The molecule has 1 heterocycles. The Morgan fingerprint density at radius 2 is 1.68 bits per heavy atom. The molecule has 0 N–H and O–H groups in total. The van der Waals surface area contributed by atoms with E-state index < -0.39 is 10.0 Å². The first kappa shape index (κ1) is 20.3. The van der Waals surface area contributed by atoms with Crippen LogP contribution in [0.3, 0.4) is 0 Å². The van der Waals surface area contributed by atoms with Gasteiger partial charge in [0.1, 0.15) is 0 Å². The molecule has 2 aromatic carbocycles. The van der Waals surface area contributed by atoms with Crippen LogP contribution in [0.15, 0.2) is 64.6 Å². The SMILES string of the molecule is O=C(CO/N=C/c1ccccc1)N1CCN(S(=O)(=O)c2ccc(Cl)cc2)CC1. The summed E-state index contributed by atoms with van der Waals surface area (Å²) in [5.74, 6) is -0.228. The second-order valence-corrected chi connectivity index (χ2v) is 8.53. The van der Waals surface area contributed by atoms with E-state index in [4.69, 9.17) is 16.4 Å². The van der Waals surface area contributed by atoms with Gasteiger partial charge in [-0.3, -0.25) is 4.79 Å². The number of sulfonamides is 1. The summed E-state index contributed by atoms with van der Waals surface area (Å²) in [6.45, 7) is 0.871. The Bertz CT molecular complexity index is 925. The molecule has 0 spiro atoms. The molecule has 0 radical (unpaired) electrons. The van der Waals surface area contributed by atoms with Crippen LogP contribution in [0.2, 0.25) is 5.02 Å². The smallest absolute Gasteiger partial charge is 0.263 e. The molecule has 1 amide bonds. The van der Waals surface area contributed by atoms with Crippen molar-refractivity contribution in [2.75, 3.05) is 32.8 Å². The monoisotopic (exact) mass is 421 g/mol. The summed E-state index contributed by atoms with van der Waals surface area (Å²) >= 11 is 5.81. The number of benzene rings is 2. The molecular weight excluding hydrogens is 402 g/mol. The van der Waals surface area contributed by atoms with Crippen molar-refractivity contribution in [1.82, 2.24) is 9.21 Å². The molecule has 1 saturated heterocycles. The van der Waals surface area contributed by atoms with E-state index in [2.05, 4.69) is 5.16 Å². The lowest BCUT2D eigenvalue weighted by Crippen LogP contribution is -2.51. The van der Waals surface area contributed by atoms with E-state index >= 15 is 0 Å². The number of nitrogens with zero attached hydrogens (tertiary/aromatic N) is 3. The minimum atomic E-state index is -3.60. The minimum absolute atomic E-state index is 0.187. The summed E-state index contributed by atoms with van der Waals surface area (Å²) in [5.41, 5.74) is 0.871. The van der Waals surface area contributed by atoms with Crippen LogP contribution >= 0.6 is 11.6 Å². The average molecular weight is 422 g/mol. The van der Waals surface area contributed by atoms with Gasteiger partial charge in [-0.15, -0.1) is 0 Å². The van der Waals surface area contributed by atoms with Gasteiger partial charge in [0.05, 0.1) is 11.1 Å². The second-order valence-electron chi connectivity index (χ2n) is 6.16. The van der Waals surface area contributed by atoms with Crippen LogP contribution in [0.1, 0.15) is 5.56 Å². The van der Waals surface area contributed by atoms with Gasteiger partial charge in [-0.2, -0.15) is 4.31 Å². The first-order valence-corrected chi connectivity index (χ1v) is 10.5. The third-order valence-electron chi connectivity index (χ3n) is 4.31. The Morgan fingerprint density at radius 3 is 2.32 bits per heavy atom. The van der Waals surface area contributed by atoms with Crippen LogP contribution in [0.25, 0.3) is 0 Å². The number of halogens is 1. The topological polar surface area (TPSA) is 79.3 Å². The number of rotatable bonds is 6. The standard InChI is InChI=1S/C19H20ClN3O4S/c20-17-6-8-18(9-7-17)28(25,26)23-12-10-22(11-13-23)19(24)15-27-21-14-16-4-2-1-3-5-16/h1-9,14H,10-13,15H2/b21-14+. The van der Waals surface area contributed by atoms with Crippen molar-refractivity contribution < 1.29 is 18.0 Å². The van der Waals surface area contributed by atoms with Gasteiger partial charge >= 0.3 is 0 Å². The number of carbonyl (C=O) groups is 1. The van der Waals surface area contributed by atoms with Crippen molar-refractivity contribution in [2.24, 2.45) is 5.16 Å². The van der Waals surface area contributed by atoms with Crippen molar-refractivity contribution in [3.05, 3.63) is 65.2 Å². The zero-order chi connectivity index (χ0) is 20.0. The molecule has 7 nitrogen and oxygen atoms in total. The van der Waals surface area contributed by atoms with Gasteiger partial charge in [-0.05, 0) is 29.8 Å². The molecule has 1 aliphatic heterocycles. The molecule has 2 aromatic rings. The van der Waals surface area contributed by atoms with Crippen molar-refractivity contribution in [3.63, 3.8) is 0 Å². The largest absolute Gasteiger partial charge is 0.386 e. The van der Waals surface area contributed by atoms with Crippen LogP contribution < -0.4 is 0 Å². The van der Waals surface area contributed by atoms with E-state index in [0.717, 1.165) is 5.56 Å². The molecule has 0 aromatic heterocycles. The zero-order valence-electron chi connectivity index (χ0n) is 15.1. The number of oxime groups is 1. The third kappa shape index (κ3) is 5.09. The molecule has 1 fully saturated rings. The van der Waals surface area contributed by atoms with Gasteiger partial charge in [-0.25, -0.2) is 8.42 Å². The number of piperazine rings is 1. The van der Waals surface area contributed by atoms with Gasteiger partial charge in [0.25, 0.3) is 5.91 Å². The normalized spacial score (nSPS) is 15.7. The fourth-order valence-corrected chi connectivity index (χ4v) is 4.30. The van der Waals surface area contributed by atoms with E-state index in [1.165, 1.54) is 22.7 Å². The molecule has 0 atom stereocenters. The van der Waals surface area contributed by atoms with Crippen molar-refractivity contribution in [3.8, 4) is 0 Å². The molecule has 0 bridgehead atoms. The Labute approximate surface area is 169 Å². The first-order valence-electron chi connectivity index (χ1n) is 8.71. The Balaban J connectivity index is 1.48. The summed E-state index contributed by atoms with van der Waals surface area (Å²) in [6, 6.07) is 15.4. The lowest BCUT2D eigenvalue weighted by atomic mass is 10.2. The molecular formula is C19H20ClN3O4S. The highest BCUT2D eigenvalue weighted by Gasteiger charge is 2.30. The lowest BCUT2D eigenvalue weighted by molar-refractivity contribution is -0.137. The average Bonchev–Trinajstić information content (AvgIpc) is 2.72. The molecule has 28 heavy (non-hydrogen) atoms. The molecule has 0 saturated carbocycles. The molecule has 1 aliphatic rings.